The number of halogens is 1. The molecular formula is C6H7FMg. The number of hydrogen-bond acceptors (Lipinski definition) is 0. The van der Waals surface area contributed by atoms with Gasteiger partial charge in [0, 0.05) is 0 Å². The molecule has 40 valence electrons. The molecule has 0 amide bonds. The Balaban J connectivity index is 0.000000490. The Morgan fingerprint density at radius 1 is 1.00 bits per heavy atom. The van der Waals surface area contributed by atoms with Gasteiger partial charge in [-0.3, -0.25) is 0 Å². The van der Waals surface area contributed by atoms with Crippen molar-refractivity contribution < 1.29 is 4.39 Å². The highest BCUT2D eigenvalue weighted by Crippen LogP contribution is 1.91. The maximum atomic E-state index is 11.9. The molecule has 0 spiro atoms. The summed E-state index contributed by atoms with van der Waals surface area (Å²) in [4.78, 5) is 0. The Bertz CT molecular complexity index is 138. The first-order chi connectivity index (χ1) is 3.39. The van der Waals surface area contributed by atoms with E-state index in [0.717, 1.165) is 0 Å². The molecule has 2 heteroatoms. The van der Waals surface area contributed by atoms with E-state index < -0.39 is 0 Å². The fourth-order valence-corrected chi connectivity index (χ4v) is 0.415. The molecule has 0 saturated carbocycles. The average Bonchev–Trinajstić information content (AvgIpc) is 1.69. The van der Waals surface area contributed by atoms with Crippen LogP contribution in [-0.4, -0.2) is 23.1 Å². The molecule has 0 radical (unpaired) electrons. The second-order valence-corrected chi connectivity index (χ2v) is 1.30. The highest BCUT2D eigenvalue weighted by Gasteiger charge is 1.77. The summed E-state index contributed by atoms with van der Waals surface area (Å²) in [6.07, 6.45) is 0. The van der Waals surface area contributed by atoms with Crippen LogP contribution in [0.15, 0.2) is 30.3 Å². The summed E-state index contributed by atoms with van der Waals surface area (Å²) in [6, 6.07) is 7.94. The van der Waals surface area contributed by atoms with Crippen molar-refractivity contribution in [3.8, 4) is 0 Å². The third kappa shape index (κ3) is 2.28. The summed E-state index contributed by atoms with van der Waals surface area (Å²) in [5, 5.41) is 0. The van der Waals surface area contributed by atoms with Crippen molar-refractivity contribution >= 4 is 23.1 Å². The van der Waals surface area contributed by atoms with Crippen LogP contribution in [0.1, 0.15) is 0 Å². The molecule has 0 fully saturated rings. The van der Waals surface area contributed by atoms with Gasteiger partial charge in [0.05, 0.1) is 0 Å². The van der Waals surface area contributed by atoms with Gasteiger partial charge in [-0.2, -0.15) is 0 Å². The lowest BCUT2D eigenvalue weighted by molar-refractivity contribution is 0.628. The topological polar surface area (TPSA) is 0 Å². The molecule has 1 aromatic carbocycles. The van der Waals surface area contributed by atoms with Crippen LogP contribution in [0.5, 0.6) is 0 Å². The van der Waals surface area contributed by atoms with Crippen LogP contribution in [0.4, 0.5) is 4.39 Å². The molecule has 0 nitrogen and oxygen atoms in total. The van der Waals surface area contributed by atoms with Crippen molar-refractivity contribution in [2.75, 3.05) is 0 Å². The van der Waals surface area contributed by atoms with E-state index in [1.54, 1.807) is 18.2 Å². The number of rotatable bonds is 0. The van der Waals surface area contributed by atoms with Crippen LogP contribution >= 0.6 is 0 Å². The van der Waals surface area contributed by atoms with Crippen molar-refractivity contribution in [2.24, 2.45) is 0 Å². The zero-order valence-corrected chi connectivity index (χ0v) is 3.76. The highest BCUT2D eigenvalue weighted by atomic mass is 24.3. The van der Waals surface area contributed by atoms with Crippen molar-refractivity contribution in [1.29, 1.82) is 0 Å². The lowest BCUT2D eigenvalue weighted by Gasteiger charge is -1.78. The van der Waals surface area contributed by atoms with Gasteiger partial charge in [-0.15, -0.1) is 0 Å². The van der Waals surface area contributed by atoms with Crippen LogP contribution in [0.2, 0.25) is 0 Å². The van der Waals surface area contributed by atoms with E-state index in [1.807, 2.05) is 0 Å². The smallest absolute Gasteiger partial charge is 0.207 e. The molecule has 0 aliphatic carbocycles. The van der Waals surface area contributed by atoms with Crippen molar-refractivity contribution in [3.63, 3.8) is 0 Å². The third-order valence-corrected chi connectivity index (χ3v) is 0.733. The molecular weight excluding hydrogens is 115 g/mol. The lowest BCUT2D eigenvalue weighted by Crippen LogP contribution is -1.63. The highest BCUT2D eigenvalue weighted by molar-refractivity contribution is 5.75. The van der Waals surface area contributed by atoms with Gasteiger partial charge in [0.1, 0.15) is 5.82 Å². The van der Waals surface area contributed by atoms with Crippen LogP contribution in [0.25, 0.3) is 0 Å². The SMILES string of the molecule is Fc1ccccc1.[MgH2]. The van der Waals surface area contributed by atoms with Crippen molar-refractivity contribution in [2.45, 2.75) is 0 Å². The summed E-state index contributed by atoms with van der Waals surface area (Å²) in [5.74, 6) is -0.178. The maximum absolute atomic E-state index is 11.9. The summed E-state index contributed by atoms with van der Waals surface area (Å²) < 4.78 is 11.9. The van der Waals surface area contributed by atoms with Crippen molar-refractivity contribution in [3.05, 3.63) is 36.1 Å². The maximum Gasteiger partial charge on any atom is 0.316 e. The molecule has 0 heterocycles. The van der Waals surface area contributed by atoms with E-state index in [2.05, 4.69) is 0 Å². The first-order valence-corrected chi connectivity index (χ1v) is 2.10. The molecule has 0 aliphatic heterocycles. The van der Waals surface area contributed by atoms with Crippen LogP contribution < -0.4 is 0 Å². The zero-order valence-electron chi connectivity index (χ0n) is 3.76. The molecule has 0 aliphatic rings. The van der Waals surface area contributed by atoms with E-state index >= 15 is 0 Å². The Hall–Kier alpha value is -0.0838. The fourth-order valence-electron chi connectivity index (χ4n) is 0.415. The van der Waals surface area contributed by atoms with Crippen molar-refractivity contribution in [1.82, 2.24) is 0 Å². The van der Waals surface area contributed by atoms with Gasteiger partial charge in [-0.25, -0.2) is 4.39 Å². The van der Waals surface area contributed by atoms with Gasteiger partial charge >= 0.3 is 23.1 Å². The van der Waals surface area contributed by atoms with Crippen LogP contribution in [-0.2, 0) is 0 Å². The Morgan fingerprint density at radius 2 is 1.50 bits per heavy atom. The average molecular weight is 122 g/mol. The second kappa shape index (κ2) is 3.86. The molecule has 0 bridgehead atoms. The van der Waals surface area contributed by atoms with Gasteiger partial charge in [-0.1, -0.05) is 18.2 Å². The minimum atomic E-state index is -0.178. The standard InChI is InChI=1S/C6H5F.Mg.2H/c7-6-4-2-1-3-5-6;;;/h1-5H;;;. The third-order valence-electron chi connectivity index (χ3n) is 0.733. The van der Waals surface area contributed by atoms with E-state index in [4.69, 9.17) is 0 Å². The Labute approximate surface area is 63.9 Å². The summed E-state index contributed by atoms with van der Waals surface area (Å²) >= 11 is 0. The predicted molar refractivity (Wildman–Crippen MR) is 34.9 cm³/mol. The zero-order chi connectivity index (χ0) is 5.11. The van der Waals surface area contributed by atoms with Crippen LogP contribution in [0, 0.1) is 5.82 Å². The Morgan fingerprint density at radius 3 is 1.75 bits per heavy atom. The summed E-state index contributed by atoms with van der Waals surface area (Å²) in [7, 11) is 0. The first-order valence-electron chi connectivity index (χ1n) is 2.10. The quantitative estimate of drug-likeness (QED) is 0.449. The largest absolute Gasteiger partial charge is 0.316 e. The minimum Gasteiger partial charge on any atom is -0.207 e. The monoisotopic (exact) mass is 122 g/mol. The number of benzene rings is 1. The van der Waals surface area contributed by atoms with Gasteiger partial charge in [0.25, 0.3) is 0 Å². The molecule has 1 rings (SSSR count). The van der Waals surface area contributed by atoms with E-state index in [1.165, 1.54) is 12.1 Å². The molecule has 0 unspecified atom stereocenters. The summed E-state index contributed by atoms with van der Waals surface area (Å²) in [6.45, 7) is 0. The predicted octanol–water partition coefficient (Wildman–Crippen LogP) is 0.909. The second-order valence-electron chi connectivity index (χ2n) is 1.30. The molecule has 0 saturated heterocycles. The van der Waals surface area contributed by atoms with E-state index in [9.17, 15) is 4.39 Å². The van der Waals surface area contributed by atoms with E-state index in [0.29, 0.717) is 0 Å². The van der Waals surface area contributed by atoms with Gasteiger partial charge < -0.3 is 0 Å². The van der Waals surface area contributed by atoms with Gasteiger partial charge in [0.2, 0.25) is 0 Å². The molecule has 0 N–H and O–H groups in total. The Kier molecular flexibility index (Phi) is 3.82. The molecule has 1 aromatic rings. The normalized spacial score (nSPS) is 7.62. The molecule has 0 aromatic heterocycles. The van der Waals surface area contributed by atoms with E-state index in [-0.39, 0.29) is 28.9 Å². The first kappa shape index (κ1) is 7.92. The van der Waals surface area contributed by atoms with Gasteiger partial charge in [0.15, 0.2) is 0 Å². The van der Waals surface area contributed by atoms with Gasteiger partial charge in [-0.05, 0) is 12.1 Å². The molecule has 8 heavy (non-hydrogen) atoms. The number of hydrogen-bond donors (Lipinski definition) is 0. The fraction of sp³-hybridized carbons (Fsp3) is 0. The van der Waals surface area contributed by atoms with Crippen LogP contribution in [0.3, 0.4) is 0 Å². The summed E-state index contributed by atoms with van der Waals surface area (Å²) in [5.41, 5.74) is 0. The minimum absolute atomic E-state index is 0. The lowest BCUT2D eigenvalue weighted by atomic mass is 10.4. The molecule has 0 atom stereocenters.